The molecule has 0 saturated carbocycles. The highest BCUT2D eigenvalue weighted by Crippen LogP contribution is 2.22. The zero-order valence-electron chi connectivity index (χ0n) is 16.3. The van der Waals surface area contributed by atoms with E-state index >= 15 is 0 Å². The maximum atomic E-state index is 13.6. The predicted molar refractivity (Wildman–Crippen MR) is 109 cm³/mol. The minimum absolute atomic E-state index is 0.00293. The third kappa shape index (κ3) is 4.80. The van der Waals surface area contributed by atoms with E-state index in [1.165, 1.54) is 18.2 Å². The summed E-state index contributed by atoms with van der Waals surface area (Å²) in [5.74, 6) is 0.0467. The molecule has 1 heterocycles. The van der Waals surface area contributed by atoms with E-state index in [0.717, 1.165) is 11.9 Å². The Hall–Kier alpha value is -2.78. The average molecular weight is 418 g/mol. The number of anilines is 1. The van der Waals surface area contributed by atoms with Crippen molar-refractivity contribution in [1.82, 2.24) is 9.55 Å². The maximum Gasteiger partial charge on any atom is 0.238 e. The smallest absolute Gasteiger partial charge is 0.238 e. The molecule has 0 radical (unpaired) electrons. The molecule has 0 aliphatic heterocycles. The number of hydrogen-bond acceptors (Lipinski definition) is 4. The highest BCUT2D eigenvalue weighted by molar-refractivity contribution is 7.89. The van der Waals surface area contributed by atoms with Crippen LogP contribution in [0.1, 0.15) is 31.2 Å². The van der Waals surface area contributed by atoms with Gasteiger partial charge in [0.1, 0.15) is 11.6 Å². The highest BCUT2D eigenvalue weighted by atomic mass is 32.2. The molecule has 0 spiro atoms. The summed E-state index contributed by atoms with van der Waals surface area (Å²) in [6.45, 7) is 4.36. The molecule has 3 rings (SSSR count). The number of carbonyl (C=O) groups is 1. The third-order valence-corrected chi connectivity index (χ3v) is 5.52. The van der Waals surface area contributed by atoms with Crippen LogP contribution >= 0.6 is 0 Å². The Kier molecular flexibility index (Phi) is 5.99. The number of fused-ring (bicyclic) bond motifs is 1. The number of hydrogen-bond donors (Lipinski definition) is 2. The van der Waals surface area contributed by atoms with Crippen molar-refractivity contribution < 1.29 is 17.6 Å². The van der Waals surface area contributed by atoms with E-state index in [1.807, 2.05) is 11.5 Å². The van der Waals surface area contributed by atoms with Gasteiger partial charge in [-0.3, -0.25) is 4.79 Å². The standard InChI is InChI=1S/C20H23FN4O3S/c1-3-10-25-18-7-6-15(29(22,27)28)12-17(18)24-19(25)8-9-20(26)23-14-5-4-13(2)16(21)11-14/h4-7,11-12H,3,8-10H2,1-2H3,(H,23,26)(H2,22,27,28). The molecule has 1 amide bonds. The number of primary sulfonamides is 1. The van der Waals surface area contributed by atoms with E-state index < -0.39 is 10.0 Å². The fraction of sp³-hybridized carbons (Fsp3) is 0.300. The van der Waals surface area contributed by atoms with Gasteiger partial charge in [0, 0.05) is 25.1 Å². The summed E-state index contributed by atoms with van der Waals surface area (Å²) in [7, 11) is -3.82. The van der Waals surface area contributed by atoms with Crippen molar-refractivity contribution >= 4 is 32.7 Å². The molecule has 3 aromatic rings. The van der Waals surface area contributed by atoms with Crippen LogP contribution in [0.5, 0.6) is 0 Å². The number of aromatic nitrogens is 2. The van der Waals surface area contributed by atoms with E-state index in [2.05, 4.69) is 10.3 Å². The number of nitrogens with one attached hydrogen (secondary N) is 1. The van der Waals surface area contributed by atoms with Crippen LogP contribution in [0.3, 0.4) is 0 Å². The average Bonchev–Trinajstić information content (AvgIpc) is 3.00. The molecule has 0 bridgehead atoms. The van der Waals surface area contributed by atoms with E-state index in [4.69, 9.17) is 5.14 Å². The van der Waals surface area contributed by atoms with E-state index in [0.29, 0.717) is 35.6 Å². The lowest BCUT2D eigenvalue weighted by molar-refractivity contribution is -0.116. The second-order valence-corrected chi connectivity index (χ2v) is 8.45. The monoisotopic (exact) mass is 418 g/mol. The van der Waals surface area contributed by atoms with Gasteiger partial charge in [-0.2, -0.15) is 0 Å². The molecule has 0 saturated heterocycles. The van der Waals surface area contributed by atoms with Crippen LogP contribution in [0.25, 0.3) is 11.0 Å². The number of rotatable bonds is 7. The van der Waals surface area contributed by atoms with Gasteiger partial charge in [-0.15, -0.1) is 0 Å². The number of nitrogens with zero attached hydrogens (tertiary/aromatic N) is 2. The summed E-state index contributed by atoms with van der Waals surface area (Å²) in [6.07, 6.45) is 1.37. The summed E-state index contributed by atoms with van der Waals surface area (Å²) in [6, 6.07) is 9.11. The summed E-state index contributed by atoms with van der Waals surface area (Å²) >= 11 is 0. The van der Waals surface area contributed by atoms with Gasteiger partial charge >= 0.3 is 0 Å². The molecular formula is C20H23FN4O3S. The van der Waals surface area contributed by atoms with E-state index in [-0.39, 0.29) is 23.0 Å². The Morgan fingerprint density at radius 1 is 1.24 bits per heavy atom. The minimum atomic E-state index is -3.82. The number of sulfonamides is 1. The van der Waals surface area contributed by atoms with Gasteiger partial charge in [0.15, 0.2) is 0 Å². The summed E-state index contributed by atoms with van der Waals surface area (Å²) in [5, 5.41) is 7.88. The number of amides is 1. The zero-order chi connectivity index (χ0) is 21.2. The first-order valence-electron chi connectivity index (χ1n) is 9.27. The molecule has 0 aliphatic carbocycles. The van der Waals surface area contributed by atoms with Gasteiger partial charge in [0.05, 0.1) is 15.9 Å². The Balaban J connectivity index is 1.80. The van der Waals surface area contributed by atoms with E-state index in [1.54, 1.807) is 25.1 Å². The van der Waals surface area contributed by atoms with Crippen LogP contribution < -0.4 is 10.5 Å². The summed E-state index contributed by atoms with van der Waals surface area (Å²) in [5.41, 5.74) is 2.21. The molecule has 29 heavy (non-hydrogen) atoms. The largest absolute Gasteiger partial charge is 0.328 e. The van der Waals surface area contributed by atoms with Crippen molar-refractivity contribution in [2.45, 2.75) is 44.6 Å². The Morgan fingerprint density at radius 2 is 2.00 bits per heavy atom. The number of nitrogens with two attached hydrogens (primary N) is 1. The third-order valence-electron chi connectivity index (χ3n) is 4.61. The predicted octanol–water partition coefficient (Wildman–Crippen LogP) is 3.11. The quantitative estimate of drug-likeness (QED) is 0.615. The minimum Gasteiger partial charge on any atom is -0.328 e. The lowest BCUT2D eigenvalue weighted by Gasteiger charge is -2.09. The first-order chi connectivity index (χ1) is 13.7. The lowest BCUT2D eigenvalue weighted by atomic mass is 10.2. The van der Waals surface area contributed by atoms with Crippen LogP contribution in [0, 0.1) is 12.7 Å². The van der Waals surface area contributed by atoms with Crippen LogP contribution in [-0.4, -0.2) is 23.9 Å². The van der Waals surface area contributed by atoms with Crippen LogP contribution in [0.4, 0.5) is 10.1 Å². The number of imidazole rings is 1. The molecule has 0 atom stereocenters. The summed E-state index contributed by atoms with van der Waals surface area (Å²) < 4.78 is 38.8. The molecule has 9 heteroatoms. The second-order valence-electron chi connectivity index (χ2n) is 6.89. The van der Waals surface area contributed by atoms with Gasteiger partial charge in [-0.1, -0.05) is 13.0 Å². The number of halogens is 1. The van der Waals surface area contributed by atoms with Crippen molar-refractivity contribution in [3.8, 4) is 0 Å². The Morgan fingerprint density at radius 3 is 2.66 bits per heavy atom. The molecule has 0 fully saturated rings. The highest BCUT2D eigenvalue weighted by Gasteiger charge is 2.15. The van der Waals surface area contributed by atoms with Crippen molar-refractivity contribution in [1.29, 1.82) is 0 Å². The second kappa shape index (κ2) is 8.30. The molecule has 0 unspecified atom stereocenters. The topological polar surface area (TPSA) is 107 Å². The number of benzene rings is 2. The van der Waals surface area contributed by atoms with Gasteiger partial charge in [0.25, 0.3) is 0 Å². The zero-order valence-corrected chi connectivity index (χ0v) is 17.1. The molecule has 7 nitrogen and oxygen atoms in total. The molecule has 2 aromatic carbocycles. The lowest BCUT2D eigenvalue weighted by Crippen LogP contribution is -2.14. The Labute approximate surface area is 168 Å². The molecule has 0 aliphatic rings. The van der Waals surface area contributed by atoms with Gasteiger partial charge in [-0.25, -0.2) is 22.9 Å². The molecule has 3 N–H and O–H groups in total. The van der Waals surface area contributed by atoms with Crippen LogP contribution in [-0.2, 0) is 27.8 Å². The van der Waals surface area contributed by atoms with Crippen LogP contribution in [0.15, 0.2) is 41.3 Å². The first kappa shape index (κ1) is 20.9. The molecule has 1 aromatic heterocycles. The molecular weight excluding hydrogens is 395 g/mol. The maximum absolute atomic E-state index is 13.6. The van der Waals surface area contributed by atoms with Crippen molar-refractivity contribution in [2.24, 2.45) is 5.14 Å². The summed E-state index contributed by atoms with van der Waals surface area (Å²) in [4.78, 5) is 16.8. The first-order valence-corrected chi connectivity index (χ1v) is 10.8. The fourth-order valence-corrected chi connectivity index (χ4v) is 3.65. The Bertz CT molecular complexity index is 1170. The van der Waals surface area contributed by atoms with Crippen LogP contribution in [0.2, 0.25) is 0 Å². The van der Waals surface area contributed by atoms with Crippen molar-refractivity contribution in [2.75, 3.05) is 5.32 Å². The number of aryl methyl sites for hydroxylation is 3. The number of carbonyl (C=O) groups excluding carboxylic acids is 1. The van der Waals surface area contributed by atoms with E-state index in [9.17, 15) is 17.6 Å². The molecule has 154 valence electrons. The van der Waals surface area contributed by atoms with Gasteiger partial charge < -0.3 is 9.88 Å². The van der Waals surface area contributed by atoms with Crippen molar-refractivity contribution in [3.05, 3.63) is 53.6 Å². The van der Waals surface area contributed by atoms with Crippen molar-refractivity contribution in [3.63, 3.8) is 0 Å². The SMILES string of the molecule is CCCn1c(CCC(=O)Nc2ccc(C)c(F)c2)nc2cc(S(N)(=O)=O)ccc21. The van der Waals surface area contributed by atoms with Gasteiger partial charge in [0.2, 0.25) is 15.9 Å². The fourth-order valence-electron chi connectivity index (χ4n) is 3.12. The normalized spacial score (nSPS) is 11.7. The van der Waals surface area contributed by atoms with Gasteiger partial charge in [-0.05, 0) is 49.2 Å².